The van der Waals surface area contributed by atoms with Crippen LogP contribution in [0.5, 0.6) is 11.5 Å². The van der Waals surface area contributed by atoms with Gasteiger partial charge in [-0.3, -0.25) is 9.79 Å². The molecule has 1 atom stereocenters. The third-order valence-electron chi connectivity index (χ3n) is 5.20. The molecule has 1 saturated carbocycles. The molecule has 1 aromatic rings. The summed E-state index contributed by atoms with van der Waals surface area (Å²) in [6.45, 7) is 5.81. The van der Waals surface area contributed by atoms with Crippen molar-refractivity contribution < 1.29 is 14.3 Å². The standard InChI is InChI=1S/C21H33N5O3/c1-4-22-21(24-9-8-23-20(27)15-5-6-15)25-16-7-10-26(14-16)17-11-18(28-2)13-19(12-17)29-3/h11-13,15-16H,4-10,14H2,1-3H3,(H,23,27)(H2,22,24,25). The maximum absolute atomic E-state index is 11.7. The number of guanidine groups is 1. The maximum Gasteiger partial charge on any atom is 0.223 e. The smallest absolute Gasteiger partial charge is 0.223 e. The summed E-state index contributed by atoms with van der Waals surface area (Å²) in [5.74, 6) is 2.78. The first kappa shape index (κ1) is 21.1. The molecule has 3 N–H and O–H groups in total. The van der Waals surface area contributed by atoms with Crippen molar-refractivity contribution in [2.75, 3.05) is 51.8 Å². The van der Waals surface area contributed by atoms with Gasteiger partial charge < -0.3 is 30.3 Å². The largest absolute Gasteiger partial charge is 0.497 e. The lowest BCUT2D eigenvalue weighted by Crippen LogP contribution is -2.45. The molecular weight excluding hydrogens is 370 g/mol. The number of ether oxygens (including phenoxy) is 2. The number of nitrogens with one attached hydrogen (secondary N) is 3. The minimum atomic E-state index is 0.165. The van der Waals surface area contributed by atoms with Crippen LogP contribution in [0.25, 0.3) is 0 Å². The number of carbonyl (C=O) groups excluding carboxylic acids is 1. The number of hydrogen-bond acceptors (Lipinski definition) is 5. The van der Waals surface area contributed by atoms with Crippen molar-refractivity contribution in [3.05, 3.63) is 18.2 Å². The van der Waals surface area contributed by atoms with E-state index in [0.29, 0.717) is 19.1 Å². The topological polar surface area (TPSA) is 87.2 Å². The SMILES string of the molecule is CCNC(=NCCNC(=O)C1CC1)NC1CCN(c2cc(OC)cc(OC)c2)C1. The number of methoxy groups -OCH3 is 2. The molecule has 29 heavy (non-hydrogen) atoms. The fourth-order valence-corrected chi connectivity index (χ4v) is 3.44. The van der Waals surface area contributed by atoms with E-state index in [1.807, 2.05) is 18.2 Å². The third-order valence-corrected chi connectivity index (χ3v) is 5.20. The first-order valence-corrected chi connectivity index (χ1v) is 10.4. The van der Waals surface area contributed by atoms with Crippen LogP contribution in [-0.2, 0) is 4.79 Å². The van der Waals surface area contributed by atoms with Crippen LogP contribution in [0.4, 0.5) is 5.69 Å². The molecule has 0 aromatic heterocycles. The number of benzene rings is 1. The Bertz CT molecular complexity index is 698. The monoisotopic (exact) mass is 403 g/mol. The zero-order valence-electron chi connectivity index (χ0n) is 17.7. The van der Waals surface area contributed by atoms with E-state index >= 15 is 0 Å². The van der Waals surface area contributed by atoms with Gasteiger partial charge in [-0.15, -0.1) is 0 Å². The maximum atomic E-state index is 11.7. The molecule has 1 unspecified atom stereocenters. The van der Waals surface area contributed by atoms with Gasteiger partial charge in [0.2, 0.25) is 5.91 Å². The minimum Gasteiger partial charge on any atom is -0.497 e. The molecule has 0 radical (unpaired) electrons. The van der Waals surface area contributed by atoms with Gasteiger partial charge in [-0.05, 0) is 26.2 Å². The van der Waals surface area contributed by atoms with Crippen molar-refractivity contribution in [2.24, 2.45) is 10.9 Å². The zero-order chi connectivity index (χ0) is 20.6. The molecule has 160 valence electrons. The van der Waals surface area contributed by atoms with Crippen LogP contribution in [0.3, 0.4) is 0 Å². The van der Waals surface area contributed by atoms with E-state index in [4.69, 9.17) is 9.47 Å². The van der Waals surface area contributed by atoms with Gasteiger partial charge in [0.15, 0.2) is 5.96 Å². The fraction of sp³-hybridized carbons (Fsp3) is 0.619. The summed E-state index contributed by atoms with van der Waals surface area (Å²) in [6.07, 6.45) is 3.07. The van der Waals surface area contributed by atoms with Gasteiger partial charge in [-0.25, -0.2) is 0 Å². The molecule has 1 amide bonds. The number of carbonyl (C=O) groups is 1. The normalized spacial score (nSPS) is 19.1. The van der Waals surface area contributed by atoms with Crippen molar-refractivity contribution in [3.63, 3.8) is 0 Å². The predicted molar refractivity (Wildman–Crippen MR) is 115 cm³/mol. The molecule has 2 aliphatic rings. The Kier molecular flexibility index (Phi) is 7.43. The Morgan fingerprint density at radius 2 is 1.86 bits per heavy atom. The average Bonchev–Trinajstić information content (AvgIpc) is 3.49. The molecule has 1 saturated heterocycles. The number of aliphatic imine (C=N–C) groups is 1. The lowest BCUT2D eigenvalue weighted by atomic mass is 10.2. The van der Waals surface area contributed by atoms with Gasteiger partial charge in [0.1, 0.15) is 11.5 Å². The Balaban J connectivity index is 1.52. The quantitative estimate of drug-likeness (QED) is 0.328. The molecule has 0 spiro atoms. The Morgan fingerprint density at radius 3 is 2.48 bits per heavy atom. The highest BCUT2D eigenvalue weighted by molar-refractivity contribution is 5.81. The van der Waals surface area contributed by atoms with E-state index in [-0.39, 0.29) is 11.8 Å². The highest BCUT2D eigenvalue weighted by Gasteiger charge is 2.29. The summed E-state index contributed by atoms with van der Waals surface area (Å²) in [5, 5.41) is 9.76. The van der Waals surface area contributed by atoms with Crippen molar-refractivity contribution >= 4 is 17.6 Å². The molecule has 8 heteroatoms. The van der Waals surface area contributed by atoms with Crippen LogP contribution < -0.4 is 30.3 Å². The van der Waals surface area contributed by atoms with Crippen molar-refractivity contribution in [1.29, 1.82) is 0 Å². The molecule has 8 nitrogen and oxygen atoms in total. The number of nitrogens with zero attached hydrogens (tertiary/aromatic N) is 2. The third kappa shape index (κ3) is 6.17. The summed E-state index contributed by atoms with van der Waals surface area (Å²) < 4.78 is 10.8. The van der Waals surface area contributed by atoms with E-state index in [2.05, 4.69) is 32.8 Å². The first-order chi connectivity index (χ1) is 14.1. The van der Waals surface area contributed by atoms with Gasteiger partial charge in [-0.2, -0.15) is 0 Å². The van der Waals surface area contributed by atoms with Crippen LogP contribution in [0, 0.1) is 5.92 Å². The predicted octanol–water partition coefficient (Wildman–Crippen LogP) is 1.36. The van der Waals surface area contributed by atoms with E-state index in [0.717, 1.165) is 62.0 Å². The molecule has 1 aliphatic heterocycles. The van der Waals surface area contributed by atoms with Gasteiger partial charge >= 0.3 is 0 Å². The van der Waals surface area contributed by atoms with Gasteiger partial charge in [0, 0.05) is 62.0 Å². The second-order valence-corrected chi connectivity index (χ2v) is 7.47. The summed E-state index contributed by atoms with van der Waals surface area (Å²) in [4.78, 5) is 18.6. The van der Waals surface area contributed by atoms with Gasteiger partial charge in [0.05, 0.1) is 20.8 Å². The van der Waals surface area contributed by atoms with Crippen molar-refractivity contribution in [3.8, 4) is 11.5 Å². The lowest BCUT2D eigenvalue weighted by Gasteiger charge is -2.21. The summed E-state index contributed by atoms with van der Waals surface area (Å²) in [5.41, 5.74) is 1.09. The summed E-state index contributed by atoms with van der Waals surface area (Å²) in [6, 6.07) is 6.25. The lowest BCUT2D eigenvalue weighted by molar-refractivity contribution is -0.122. The van der Waals surface area contributed by atoms with Crippen LogP contribution in [0.15, 0.2) is 23.2 Å². The highest BCUT2D eigenvalue weighted by atomic mass is 16.5. The Labute approximate surface area is 173 Å². The summed E-state index contributed by atoms with van der Waals surface area (Å²) in [7, 11) is 3.33. The highest BCUT2D eigenvalue weighted by Crippen LogP contribution is 2.30. The van der Waals surface area contributed by atoms with Crippen LogP contribution in [0.1, 0.15) is 26.2 Å². The average molecular weight is 404 g/mol. The van der Waals surface area contributed by atoms with E-state index in [1.54, 1.807) is 14.2 Å². The number of rotatable bonds is 9. The molecule has 2 fully saturated rings. The summed E-state index contributed by atoms with van der Waals surface area (Å²) >= 11 is 0. The molecule has 3 rings (SSSR count). The Hall–Kier alpha value is -2.64. The van der Waals surface area contributed by atoms with E-state index in [9.17, 15) is 4.79 Å². The number of hydrogen-bond donors (Lipinski definition) is 3. The minimum absolute atomic E-state index is 0.165. The molecular formula is C21H33N5O3. The van der Waals surface area contributed by atoms with Gasteiger partial charge in [0.25, 0.3) is 0 Å². The van der Waals surface area contributed by atoms with E-state index < -0.39 is 0 Å². The van der Waals surface area contributed by atoms with Crippen molar-refractivity contribution in [1.82, 2.24) is 16.0 Å². The molecule has 0 bridgehead atoms. The van der Waals surface area contributed by atoms with Crippen LogP contribution in [-0.4, -0.2) is 64.9 Å². The van der Waals surface area contributed by atoms with Gasteiger partial charge in [-0.1, -0.05) is 0 Å². The fourth-order valence-electron chi connectivity index (χ4n) is 3.44. The molecule has 1 aliphatic carbocycles. The number of anilines is 1. The Morgan fingerprint density at radius 1 is 1.14 bits per heavy atom. The zero-order valence-corrected chi connectivity index (χ0v) is 17.7. The second kappa shape index (κ2) is 10.2. The molecule has 1 aromatic carbocycles. The first-order valence-electron chi connectivity index (χ1n) is 10.4. The second-order valence-electron chi connectivity index (χ2n) is 7.47. The van der Waals surface area contributed by atoms with Crippen LogP contribution >= 0.6 is 0 Å². The number of amides is 1. The van der Waals surface area contributed by atoms with Crippen molar-refractivity contribution in [2.45, 2.75) is 32.2 Å². The van der Waals surface area contributed by atoms with Crippen LogP contribution in [0.2, 0.25) is 0 Å². The van der Waals surface area contributed by atoms with E-state index in [1.165, 1.54) is 0 Å². The molecule has 1 heterocycles.